The molecule has 0 heterocycles. The molecule has 25 heavy (non-hydrogen) atoms. The van der Waals surface area contributed by atoms with E-state index in [2.05, 4.69) is 23.5 Å². The molecule has 0 spiro atoms. The maximum atomic E-state index is 9.10. The Morgan fingerprint density at radius 3 is 1.92 bits per heavy atom. The summed E-state index contributed by atoms with van der Waals surface area (Å²) in [6, 6.07) is 16.2. The van der Waals surface area contributed by atoms with Gasteiger partial charge in [-0.15, -0.1) is 0 Å². The van der Waals surface area contributed by atoms with Crippen LogP contribution in [0, 0.1) is 0 Å². The molecule has 0 amide bonds. The second-order valence-corrected chi connectivity index (χ2v) is 4.91. The minimum Gasteiger partial charge on any atom is -0.497 e. The van der Waals surface area contributed by atoms with E-state index >= 15 is 0 Å². The minimum atomic E-state index is -1.82. The first-order chi connectivity index (χ1) is 12.0. The molecule has 0 radical (unpaired) electrons. The van der Waals surface area contributed by atoms with Crippen LogP contribution >= 0.6 is 0 Å². The Hall–Kier alpha value is -3.06. The number of ether oxygens (including phenoxy) is 2. The van der Waals surface area contributed by atoms with E-state index in [9.17, 15) is 0 Å². The van der Waals surface area contributed by atoms with Crippen LogP contribution in [-0.2, 0) is 22.7 Å². The normalized spacial score (nSPS) is 9.52. The van der Waals surface area contributed by atoms with Gasteiger partial charge in [0.25, 0.3) is 0 Å². The summed E-state index contributed by atoms with van der Waals surface area (Å²) in [5.74, 6) is -1.87. The van der Waals surface area contributed by atoms with Crippen LogP contribution in [0.25, 0.3) is 0 Å². The molecule has 0 aliphatic rings. The molecule has 2 aromatic carbocycles. The maximum absolute atomic E-state index is 9.10. The van der Waals surface area contributed by atoms with Gasteiger partial charge in [0.15, 0.2) is 0 Å². The number of hydrogen-bond acceptors (Lipinski definition) is 5. The Morgan fingerprint density at radius 2 is 1.40 bits per heavy atom. The highest BCUT2D eigenvalue weighted by Gasteiger charge is 2.04. The molecule has 2 rings (SSSR count). The van der Waals surface area contributed by atoms with Crippen molar-refractivity contribution < 1.29 is 29.3 Å². The molecule has 0 aliphatic heterocycles. The van der Waals surface area contributed by atoms with Gasteiger partial charge in [0.05, 0.1) is 14.2 Å². The van der Waals surface area contributed by atoms with E-state index < -0.39 is 11.9 Å². The van der Waals surface area contributed by atoms with Crippen LogP contribution in [0.15, 0.2) is 48.5 Å². The van der Waals surface area contributed by atoms with Crippen LogP contribution in [-0.4, -0.2) is 36.4 Å². The van der Waals surface area contributed by atoms with Crippen molar-refractivity contribution in [3.8, 4) is 11.5 Å². The molecule has 0 unspecified atom stereocenters. The van der Waals surface area contributed by atoms with Crippen LogP contribution in [0.5, 0.6) is 11.5 Å². The van der Waals surface area contributed by atoms with Crippen molar-refractivity contribution in [3.63, 3.8) is 0 Å². The zero-order chi connectivity index (χ0) is 18.7. The van der Waals surface area contributed by atoms with Gasteiger partial charge in [-0.2, -0.15) is 0 Å². The molecule has 0 bridgehead atoms. The van der Waals surface area contributed by atoms with Crippen molar-refractivity contribution in [3.05, 3.63) is 59.7 Å². The molecule has 0 saturated carbocycles. The van der Waals surface area contributed by atoms with Gasteiger partial charge in [0.1, 0.15) is 11.5 Å². The van der Waals surface area contributed by atoms with Crippen LogP contribution < -0.4 is 14.8 Å². The average Bonchev–Trinajstić information content (AvgIpc) is 2.63. The van der Waals surface area contributed by atoms with Gasteiger partial charge in [-0.25, -0.2) is 9.59 Å². The summed E-state index contributed by atoms with van der Waals surface area (Å²) in [5.41, 5.74) is 2.46. The molecule has 134 valence electrons. The summed E-state index contributed by atoms with van der Waals surface area (Å²) in [5, 5.41) is 18.2. The standard InChI is InChI=1S/C16H19NO2.C2H2O4/c1-18-15-8-6-13(7-9-15)11-17-12-14-4-3-5-16(10-14)19-2;3-1(4)2(5)6/h3-10,17H,11-12H2,1-2H3;(H,3,4)(H,5,6). The lowest BCUT2D eigenvalue weighted by atomic mass is 10.2. The molecule has 0 saturated heterocycles. The number of benzene rings is 2. The van der Waals surface area contributed by atoms with Crippen LogP contribution in [0.1, 0.15) is 11.1 Å². The average molecular weight is 347 g/mol. The molecule has 0 atom stereocenters. The Balaban J connectivity index is 0.000000450. The monoisotopic (exact) mass is 347 g/mol. The van der Waals surface area contributed by atoms with Crippen LogP contribution in [0.4, 0.5) is 0 Å². The second kappa shape index (κ2) is 10.7. The van der Waals surface area contributed by atoms with Crippen molar-refractivity contribution >= 4 is 11.9 Å². The Kier molecular flexibility index (Phi) is 8.53. The quantitative estimate of drug-likeness (QED) is 0.688. The topological polar surface area (TPSA) is 105 Å². The summed E-state index contributed by atoms with van der Waals surface area (Å²) in [6.45, 7) is 1.66. The van der Waals surface area contributed by atoms with Gasteiger partial charge in [-0.1, -0.05) is 24.3 Å². The van der Waals surface area contributed by atoms with E-state index in [4.69, 9.17) is 29.3 Å². The number of nitrogens with one attached hydrogen (secondary N) is 1. The number of hydrogen-bond donors (Lipinski definition) is 3. The smallest absolute Gasteiger partial charge is 0.414 e. The first-order valence-electron chi connectivity index (χ1n) is 7.39. The summed E-state index contributed by atoms with van der Waals surface area (Å²) in [4.78, 5) is 18.2. The number of methoxy groups -OCH3 is 2. The highest BCUT2D eigenvalue weighted by atomic mass is 16.5. The third kappa shape index (κ3) is 7.85. The Bertz CT molecular complexity index is 672. The van der Waals surface area contributed by atoms with E-state index in [1.807, 2.05) is 30.3 Å². The maximum Gasteiger partial charge on any atom is 0.414 e. The molecule has 0 aliphatic carbocycles. The highest BCUT2D eigenvalue weighted by Crippen LogP contribution is 2.13. The molecular weight excluding hydrogens is 326 g/mol. The lowest BCUT2D eigenvalue weighted by molar-refractivity contribution is -0.159. The fourth-order valence-electron chi connectivity index (χ4n) is 1.88. The molecule has 3 N–H and O–H groups in total. The predicted molar refractivity (Wildman–Crippen MR) is 91.8 cm³/mol. The third-order valence-corrected chi connectivity index (χ3v) is 3.13. The second-order valence-electron chi connectivity index (χ2n) is 4.91. The molecule has 2 aromatic rings. The molecule has 7 nitrogen and oxygen atoms in total. The third-order valence-electron chi connectivity index (χ3n) is 3.13. The lowest BCUT2D eigenvalue weighted by Gasteiger charge is -2.07. The van der Waals surface area contributed by atoms with Crippen molar-refractivity contribution in [2.75, 3.05) is 14.2 Å². The van der Waals surface area contributed by atoms with Crippen molar-refractivity contribution in [1.82, 2.24) is 5.32 Å². The summed E-state index contributed by atoms with van der Waals surface area (Å²) in [6.07, 6.45) is 0. The summed E-state index contributed by atoms with van der Waals surface area (Å²) < 4.78 is 10.3. The Morgan fingerprint density at radius 1 is 0.840 bits per heavy atom. The number of aliphatic carboxylic acids is 2. The zero-order valence-electron chi connectivity index (χ0n) is 14.1. The number of carboxylic acid groups (broad SMARTS) is 2. The minimum absolute atomic E-state index is 0.823. The lowest BCUT2D eigenvalue weighted by Crippen LogP contribution is -2.12. The van der Waals surface area contributed by atoms with Crippen LogP contribution in [0.3, 0.4) is 0 Å². The largest absolute Gasteiger partial charge is 0.497 e. The van der Waals surface area contributed by atoms with Crippen molar-refractivity contribution in [2.45, 2.75) is 13.1 Å². The molecule has 0 fully saturated rings. The van der Waals surface area contributed by atoms with E-state index in [0.717, 1.165) is 24.6 Å². The fourth-order valence-corrected chi connectivity index (χ4v) is 1.88. The van der Waals surface area contributed by atoms with Crippen LogP contribution in [0.2, 0.25) is 0 Å². The van der Waals surface area contributed by atoms with Gasteiger partial charge in [0, 0.05) is 13.1 Å². The zero-order valence-corrected chi connectivity index (χ0v) is 14.1. The number of carboxylic acids is 2. The van der Waals surface area contributed by atoms with E-state index in [-0.39, 0.29) is 0 Å². The van der Waals surface area contributed by atoms with E-state index in [1.54, 1.807) is 14.2 Å². The highest BCUT2D eigenvalue weighted by molar-refractivity contribution is 6.27. The number of carbonyl (C=O) groups is 2. The van der Waals surface area contributed by atoms with Gasteiger partial charge in [-0.3, -0.25) is 0 Å². The Labute approximate surface area is 145 Å². The first-order valence-corrected chi connectivity index (χ1v) is 7.39. The van der Waals surface area contributed by atoms with Gasteiger partial charge in [-0.05, 0) is 35.4 Å². The molecule has 0 aromatic heterocycles. The summed E-state index contributed by atoms with van der Waals surface area (Å²) >= 11 is 0. The fraction of sp³-hybridized carbons (Fsp3) is 0.222. The molecule has 7 heteroatoms. The van der Waals surface area contributed by atoms with Crippen molar-refractivity contribution in [1.29, 1.82) is 0 Å². The first kappa shape index (κ1) is 20.0. The predicted octanol–water partition coefficient (Wildman–Crippen LogP) is 2.15. The SMILES string of the molecule is COc1ccc(CNCc2cccc(OC)c2)cc1.O=C(O)C(=O)O. The van der Waals surface area contributed by atoms with Gasteiger partial charge < -0.3 is 25.0 Å². The summed E-state index contributed by atoms with van der Waals surface area (Å²) in [7, 11) is 3.36. The van der Waals surface area contributed by atoms with E-state index in [1.165, 1.54) is 11.1 Å². The van der Waals surface area contributed by atoms with Gasteiger partial charge in [0.2, 0.25) is 0 Å². The van der Waals surface area contributed by atoms with E-state index in [0.29, 0.717) is 0 Å². The number of rotatable bonds is 6. The van der Waals surface area contributed by atoms with Crippen molar-refractivity contribution in [2.24, 2.45) is 0 Å². The van der Waals surface area contributed by atoms with Gasteiger partial charge >= 0.3 is 11.9 Å². The molecular formula is C18H21NO6.